The number of hydrogen-bond acceptors (Lipinski definition) is 1. The first-order valence-corrected chi connectivity index (χ1v) is 21.1. The molecule has 0 bridgehead atoms. The van der Waals surface area contributed by atoms with Crippen LogP contribution < -0.4 is 0 Å². The summed E-state index contributed by atoms with van der Waals surface area (Å²) < 4.78 is 0. The second-order valence-electron chi connectivity index (χ2n) is 11.2. The first-order chi connectivity index (χ1) is 17.3. The standard InChI is InChI=1S/C31H64Cl2SSi/c32-35(33)31-29-27-25-23-21-19-17-15-13-11-9-7-5-3-1-2-4-6-8-10-12-14-16-18-20-22-24-26-28-30-34/h34-35H,1-31H2. The van der Waals surface area contributed by atoms with E-state index in [9.17, 15) is 0 Å². The van der Waals surface area contributed by atoms with Crippen molar-refractivity contribution < 1.29 is 0 Å². The molecule has 0 amide bonds. The highest BCUT2D eigenvalue weighted by Gasteiger charge is 2.01. The van der Waals surface area contributed by atoms with Crippen LogP contribution in [-0.4, -0.2) is 13.2 Å². The van der Waals surface area contributed by atoms with Crippen LogP contribution in [0.1, 0.15) is 186 Å². The summed E-state index contributed by atoms with van der Waals surface area (Å²) in [6.45, 7) is 0. The summed E-state index contributed by atoms with van der Waals surface area (Å²) in [5.41, 5.74) is 0. The Morgan fingerprint density at radius 2 is 0.457 bits per heavy atom. The molecule has 0 rings (SSSR count). The van der Waals surface area contributed by atoms with Crippen molar-refractivity contribution in [2.24, 2.45) is 0 Å². The minimum absolute atomic E-state index is 1.07. The average molecular weight is 568 g/mol. The van der Waals surface area contributed by atoms with E-state index in [1.165, 1.54) is 186 Å². The van der Waals surface area contributed by atoms with Gasteiger partial charge in [0.05, 0.1) is 0 Å². The average Bonchev–Trinajstić information content (AvgIpc) is 2.85. The molecule has 0 heterocycles. The second kappa shape index (κ2) is 33.2. The topological polar surface area (TPSA) is 0 Å². The molecule has 0 aromatic carbocycles. The third kappa shape index (κ3) is 35.1. The Morgan fingerprint density at radius 3 is 0.629 bits per heavy atom. The lowest BCUT2D eigenvalue weighted by molar-refractivity contribution is 0.514. The molecule has 0 aromatic heterocycles. The van der Waals surface area contributed by atoms with Crippen LogP contribution in [0.3, 0.4) is 0 Å². The van der Waals surface area contributed by atoms with E-state index in [2.05, 4.69) is 12.6 Å². The lowest BCUT2D eigenvalue weighted by Gasteiger charge is -2.04. The van der Waals surface area contributed by atoms with Crippen LogP contribution in [-0.2, 0) is 0 Å². The summed E-state index contributed by atoms with van der Waals surface area (Å²) in [4.78, 5) is 0. The van der Waals surface area contributed by atoms with E-state index in [4.69, 9.17) is 22.2 Å². The van der Waals surface area contributed by atoms with Crippen molar-refractivity contribution in [3.8, 4) is 0 Å². The minimum atomic E-state index is -1.33. The van der Waals surface area contributed by atoms with Crippen molar-refractivity contribution in [3.05, 3.63) is 0 Å². The molecule has 0 aliphatic heterocycles. The van der Waals surface area contributed by atoms with Crippen molar-refractivity contribution in [2.45, 2.75) is 192 Å². The zero-order valence-electron chi connectivity index (χ0n) is 23.7. The number of halogens is 2. The van der Waals surface area contributed by atoms with Crippen molar-refractivity contribution in [1.82, 2.24) is 0 Å². The van der Waals surface area contributed by atoms with Crippen molar-refractivity contribution in [2.75, 3.05) is 5.75 Å². The summed E-state index contributed by atoms with van der Waals surface area (Å²) in [6.07, 6.45) is 41.8. The molecule has 212 valence electrons. The van der Waals surface area contributed by atoms with Crippen molar-refractivity contribution in [1.29, 1.82) is 0 Å². The molecule has 0 aliphatic carbocycles. The lowest BCUT2D eigenvalue weighted by Crippen LogP contribution is -1.91. The summed E-state index contributed by atoms with van der Waals surface area (Å²) >= 11 is 16.1. The Bertz CT molecular complexity index is 368. The quantitative estimate of drug-likeness (QED) is 0.0366. The predicted molar refractivity (Wildman–Crippen MR) is 171 cm³/mol. The maximum atomic E-state index is 5.90. The molecular weight excluding hydrogens is 503 g/mol. The van der Waals surface area contributed by atoms with Crippen molar-refractivity contribution in [3.63, 3.8) is 0 Å². The Labute approximate surface area is 239 Å². The van der Waals surface area contributed by atoms with Gasteiger partial charge in [0.15, 0.2) is 0 Å². The second-order valence-corrected chi connectivity index (χ2v) is 16.8. The van der Waals surface area contributed by atoms with E-state index in [-0.39, 0.29) is 0 Å². The molecule has 0 unspecified atom stereocenters. The van der Waals surface area contributed by atoms with Gasteiger partial charge in [0.2, 0.25) is 7.42 Å². The molecule has 0 radical (unpaired) electrons. The van der Waals surface area contributed by atoms with Crippen LogP contribution in [0.2, 0.25) is 6.04 Å². The zero-order chi connectivity index (χ0) is 25.5. The zero-order valence-corrected chi connectivity index (χ0v) is 27.3. The van der Waals surface area contributed by atoms with Crippen LogP contribution in [0.15, 0.2) is 0 Å². The molecule has 0 atom stereocenters. The largest absolute Gasteiger partial charge is 0.237 e. The van der Waals surface area contributed by atoms with E-state index < -0.39 is 7.42 Å². The van der Waals surface area contributed by atoms with Gasteiger partial charge in [-0.15, -0.1) is 0 Å². The van der Waals surface area contributed by atoms with E-state index >= 15 is 0 Å². The van der Waals surface area contributed by atoms with Gasteiger partial charge >= 0.3 is 0 Å². The van der Waals surface area contributed by atoms with Gasteiger partial charge in [-0.05, 0) is 18.2 Å². The van der Waals surface area contributed by atoms with Gasteiger partial charge in [0.1, 0.15) is 0 Å². The predicted octanol–water partition coefficient (Wildman–Crippen LogP) is 12.9. The molecule has 4 heteroatoms. The SMILES string of the molecule is SCCCCCCCCCCCCCCCCCCCCCCCCCCCCCCC[SiH](Cl)Cl. The van der Waals surface area contributed by atoms with Crippen LogP contribution in [0.5, 0.6) is 0 Å². The van der Waals surface area contributed by atoms with Crippen LogP contribution >= 0.6 is 34.8 Å². The molecule has 0 saturated carbocycles. The summed E-state index contributed by atoms with van der Waals surface area (Å²) in [5.74, 6) is 1.07. The highest BCUT2D eigenvalue weighted by Crippen LogP contribution is 2.17. The molecule has 0 N–H and O–H groups in total. The van der Waals surface area contributed by atoms with Crippen LogP contribution in [0, 0.1) is 0 Å². The molecule has 0 fully saturated rings. The number of unbranched alkanes of at least 4 members (excludes halogenated alkanes) is 28. The third-order valence-corrected chi connectivity index (χ3v) is 10.1. The molecule has 0 spiro atoms. The van der Waals surface area contributed by atoms with E-state index in [0.717, 1.165) is 11.8 Å². The van der Waals surface area contributed by atoms with E-state index in [1.807, 2.05) is 0 Å². The molecule has 0 aliphatic rings. The monoisotopic (exact) mass is 566 g/mol. The highest BCUT2D eigenvalue weighted by molar-refractivity contribution is 7.80. The molecular formula is C31H64Cl2SSi. The van der Waals surface area contributed by atoms with Gasteiger partial charge in [-0.2, -0.15) is 34.8 Å². The molecule has 0 aromatic rings. The fourth-order valence-electron chi connectivity index (χ4n) is 5.18. The van der Waals surface area contributed by atoms with Gasteiger partial charge in [-0.25, -0.2) is 0 Å². The third-order valence-electron chi connectivity index (χ3n) is 7.58. The van der Waals surface area contributed by atoms with Crippen LogP contribution in [0.25, 0.3) is 0 Å². The van der Waals surface area contributed by atoms with Gasteiger partial charge in [0.25, 0.3) is 0 Å². The Morgan fingerprint density at radius 1 is 0.286 bits per heavy atom. The van der Waals surface area contributed by atoms with Crippen LogP contribution in [0.4, 0.5) is 0 Å². The Balaban J connectivity index is 3.01. The summed E-state index contributed by atoms with van der Waals surface area (Å²) in [7, 11) is -1.33. The minimum Gasteiger partial charge on any atom is -0.179 e. The van der Waals surface area contributed by atoms with Gasteiger partial charge < -0.3 is 0 Å². The maximum Gasteiger partial charge on any atom is 0.237 e. The molecule has 35 heavy (non-hydrogen) atoms. The Hall–Kier alpha value is 1.15. The fourth-order valence-corrected chi connectivity index (χ4v) is 6.93. The number of rotatable bonds is 31. The van der Waals surface area contributed by atoms with Gasteiger partial charge in [-0.3, -0.25) is 0 Å². The fraction of sp³-hybridized carbons (Fsp3) is 1.00. The Kier molecular flexibility index (Phi) is 34.3. The smallest absolute Gasteiger partial charge is 0.179 e. The number of thiol groups is 1. The van der Waals surface area contributed by atoms with E-state index in [1.54, 1.807) is 0 Å². The van der Waals surface area contributed by atoms with Gasteiger partial charge in [-0.1, -0.05) is 180 Å². The first kappa shape index (κ1) is 36.1. The normalized spacial score (nSPS) is 11.7. The van der Waals surface area contributed by atoms with E-state index in [0.29, 0.717) is 0 Å². The molecule has 0 saturated heterocycles. The number of hydrogen-bond donors (Lipinski definition) is 1. The van der Waals surface area contributed by atoms with Gasteiger partial charge in [0, 0.05) is 0 Å². The first-order valence-electron chi connectivity index (χ1n) is 16.2. The lowest BCUT2D eigenvalue weighted by atomic mass is 10.0. The summed E-state index contributed by atoms with van der Waals surface area (Å²) in [6, 6.07) is 1.10. The maximum absolute atomic E-state index is 5.90. The molecule has 0 nitrogen and oxygen atoms in total. The summed E-state index contributed by atoms with van der Waals surface area (Å²) in [5, 5.41) is 0. The highest BCUT2D eigenvalue weighted by atomic mass is 35.7. The van der Waals surface area contributed by atoms with Crippen molar-refractivity contribution >= 4 is 42.2 Å².